The molecule has 0 spiro atoms. The third-order valence-corrected chi connectivity index (χ3v) is 4.76. The molecule has 0 N–H and O–H groups in total. The topological polar surface area (TPSA) is 6.48 Å². The molecule has 20 heavy (non-hydrogen) atoms. The van der Waals surface area contributed by atoms with E-state index < -0.39 is 0 Å². The van der Waals surface area contributed by atoms with Crippen molar-refractivity contribution in [1.82, 2.24) is 9.80 Å². The summed E-state index contributed by atoms with van der Waals surface area (Å²) in [4.78, 5) is 5.22. The van der Waals surface area contributed by atoms with Gasteiger partial charge in [-0.3, -0.25) is 4.90 Å². The Morgan fingerprint density at radius 1 is 0.750 bits per heavy atom. The van der Waals surface area contributed by atoms with Crippen molar-refractivity contribution in [3.8, 4) is 0 Å². The van der Waals surface area contributed by atoms with Crippen LogP contribution in [0, 0.1) is 0 Å². The van der Waals surface area contributed by atoms with Crippen molar-refractivity contribution in [1.29, 1.82) is 0 Å². The molecule has 2 nitrogen and oxygen atoms in total. The molecule has 0 unspecified atom stereocenters. The van der Waals surface area contributed by atoms with Crippen LogP contribution in [0.15, 0.2) is 24.3 Å². The van der Waals surface area contributed by atoms with E-state index in [-0.39, 0.29) is 0 Å². The first-order valence-electron chi connectivity index (χ1n) is 8.43. The molecule has 0 saturated carbocycles. The van der Waals surface area contributed by atoms with E-state index in [1.54, 1.807) is 0 Å². The summed E-state index contributed by atoms with van der Waals surface area (Å²) in [6.45, 7) is 7.60. The van der Waals surface area contributed by atoms with Gasteiger partial charge in [-0.25, -0.2) is 0 Å². The highest BCUT2D eigenvalue weighted by Crippen LogP contribution is 2.15. The SMILES string of the molecule is c1cc(CCN2CCCCC2)cc(CN2CCCC2)c1. The minimum absolute atomic E-state index is 1.15. The van der Waals surface area contributed by atoms with E-state index in [2.05, 4.69) is 34.1 Å². The Labute approximate surface area is 123 Å². The number of nitrogens with zero attached hydrogens (tertiary/aromatic N) is 2. The van der Waals surface area contributed by atoms with Gasteiger partial charge in [0.15, 0.2) is 0 Å². The van der Waals surface area contributed by atoms with Crippen LogP contribution < -0.4 is 0 Å². The van der Waals surface area contributed by atoms with Crippen LogP contribution in [0.25, 0.3) is 0 Å². The fraction of sp³-hybridized carbons (Fsp3) is 0.667. The second-order valence-corrected chi connectivity index (χ2v) is 6.46. The van der Waals surface area contributed by atoms with Gasteiger partial charge in [-0.05, 0) is 69.4 Å². The van der Waals surface area contributed by atoms with E-state index in [9.17, 15) is 0 Å². The van der Waals surface area contributed by atoms with Crippen LogP contribution in [0.1, 0.15) is 43.2 Å². The second kappa shape index (κ2) is 7.24. The molecular weight excluding hydrogens is 244 g/mol. The monoisotopic (exact) mass is 272 g/mol. The van der Waals surface area contributed by atoms with Crippen molar-refractivity contribution in [2.24, 2.45) is 0 Å². The Balaban J connectivity index is 1.50. The molecule has 0 aromatic heterocycles. The molecule has 2 aliphatic heterocycles. The number of hydrogen-bond donors (Lipinski definition) is 0. The zero-order valence-corrected chi connectivity index (χ0v) is 12.7. The molecule has 0 bridgehead atoms. The zero-order chi connectivity index (χ0) is 13.6. The number of benzene rings is 1. The van der Waals surface area contributed by atoms with Crippen LogP contribution in [0.4, 0.5) is 0 Å². The maximum Gasteiger partial charge on any atom is 0.0233 e. The van der Waals surface area contributed by atoms with Gasteiger partial charge in [-0.15, -0.1) is 0 Å². The van der Waals surface area contributed by atoms with Gasteiger partial charge in [-0.2, -0.15) is 0 Å². The van der Waals surface area contributed by atoms with Gasteiger partial charge in [-0.1, -0.05) is 30.7 Å². The molecule has 1 aromatic carbocycles. The van der Waals surface area contributed by atoms with Crippen LogP contribution in [0.5, 0.6) is 0 Å². The fourth-order valence-electron chi connectivity index (χ4n) is 3.55. The molecule has 2 aliphatic rings. The van der Waals surface area contributed by atoms with Crippen molar-refractivity contribution in [2.45, 2.75) is 45.1 Å². The van der Waals surface area contributed by atoms with Crippen LogP contribution >= 0.6 is 0 Å². The van der Waals surface area contributed by atoms with Crippen molar-refractivity contribution in [3.05, 3.63) is 35.4 Å². The van der Waals surface area contributed by atoms with Crippen LogP contribution in [-0.4, -0.2) is 42.5 Å². The minimum atomic E-state index is 1.15. The van der Waals surface area contributed by atoms with Gasteiger partial charge in [0.25, 0.3) is 0 Å². The van der Waals surface area contributed by atoms with Crippen molar-refractivity contribution in [3.63, 3.8) is 0 Å². The van der Waals surface area contributed by atoms with E-state index in [1.165, 1.54) is 82.4 Å². The smallest absolute Gasteiger partial charge is 0.0233 e. The molecule has 0 radical (unpaired) electrons. The molecule has 2 heteroatoms. The molecule has 110 valence electrons. The summed E-state index contributed by atoms with van der Waals surface area (Å²) < 4.78 is 0. The van der Waals surface area contributed by atoms with Crippen LogP contribution in [-0.2, 0) is 13.0 Å². The summed E-state index contributed by atoms with van der Waals surface area (Å²) in [6, 6.07) is 9.28. The molecule has 2 fully saturated rings. The molecule has 2 saturated heterocycles. The first kappa shape index (κ1) is 14.1. The summed E-state index contributed by atoms with van der Waals surface area (Å²) in [7, 11) is 0. The Morgan fingerprint density at radius 3 is 2.20 bits per heavy atom. The average molecular weight is 272 g/mol. The Kier molecular flexibility index (Phi) is 5.10. The normalized spacial score (nSPS) is 21.4. The summed E-state index contributed by atoms with van der Waals surface area (Å²) in [5, 5.41) is 0. The summed E-state index contributed by atoms with van der Waals surface area (Å²) in [5.74, 6) is 0. The summed E-state index contributed by atoms with van der Waals surface area (Å²) >= 11 is 0. The van der Waals surface area contributed by atoms with E-state index in [0.717, 1.165) is 6.54 Å². The average Bonchev–Trinajstić information content (AvgIpc) is 3.00. The Bertz CT molecular complexity index is 404. The highest BCUT2D eigenvalue weighted by molar-refractivity contribution is 5.23. The standard InChI is InChI=1S/C18H28N2/c1-2-10-19(11-3-1)14-9-17-7-6-8-18(15-17)16-20-12-4-5-13-20/h6-8,15H,1-5,9-14,16H2. The Hall–Kier alpha value is -0.860. The third kappa shape index (κ3) is 4.07. The number of likely N-dealkylation sites (tertiary alicyclic amines) is 2. The fourth-order valence-corrected chi connectivity index (χ4v) is 3.55. The first-order chi connectivity index (χ1) is 9.90. The highest BCUT2D eigenvalue weighted by atomic mass is 15.1. The quantitative estimate of drug-likeness (QED) is 0.811. The van der Waals surface area contributed by atoms with Crippen LogP contribution in [0.3, 0.4) is 0 Å². The molecule has 3 rings (SSSR count). The van der Waals surface area contributed by atoms with E-state index in [0.29, 0.717) is 0 Å². The molecule has 0 amide bonds. The zero-order valence-electron chi connectivity index (χ0n) is 12.7. The summed E-state index contributed by atoms with van der Waals surface area (Å²) in [5.41, 5.74) is 3.02. The summed E-state index contributed by atoms with van der Waals surface area (Å²) in [6.07, 6.45) is 8.21. The molecule has 2 heterocycles. The van der Waals surface area contributed by atoms with Gasteiger partial charge in [0.1, 0.15) is 0 Å². The Morgan fingerprint density at radius 2 is 1.40 bits per heavy atom. The largest absolute Gasteiger partial charge is 0.303 e. The van der Waals surface area contributed by atoms with Crippen molar-refractivity contribution in [2.75, 3.05) is 32.7 Å². The maximum absolute atomic E-state index is 2.64. The van der Waals surface area contributed by atoms with E-state index >= 15 is 0 Å². The first-order valence-corrected chi connectivity index (χ1v) is 8.43. The van der Waals surface area contributed by atoms with Gasteiger partial charge in [0, 0.05) is 13.1 Å². The van der Waals surface area contributed by atoms with Crippen LogP contribution in [0.2, 0.25) is 0 Å². The van der Waals surface area contributed by atoms with Crippen molar-refractivity contribution >= 4 is 0 Å². The lowest BCUT2D eigenvalue weighted by molar-refractivity contribution is 0.231. The van der Waals surface area contributed by atoms with Gasteiger partial charge in [0.05, 0.1) is 0 Å². The van der Waals surface area contributed by atoms with Gasteiger partial charge in [0.2, 0.25) is 0 Å². The molecular formula is C18H28N2. The lowest BCUT2D eigenvalue weighted by Gasteiger charge is -2.26. The van der Waals surface area contributed by atoms with E-state index in [1.807, 2.05) is 0 Å². The lowest BCUT2D eigenvalue weighted by Crippen LogP contribution is -2.31. The molecule has 1 aromatic rings. The number of hydrogen-bond acceptors (Lipinski definition) is 2. The van der Waals surface area contributed by atoms with Crippen molar-refractivity contribution < 1.29 is 0 Å². The molecule has 0 atom stereocenters. The maximum atomic E-state index is 2.64. The molecule has 0 aliphatic carbocycles. The highest BCUT2D eigenvalue weighted by Gasteiger charge is 2.12. The number of piperidine rings is 1. The lowest BCUT2D eigenvalue weighted by atomic mass is 10.1. The third-order valence-electron chi connectivity index (χ3n) is 4.76. The van der Waals surface area contributed by atoms with Gasteiger partial charge < -0.3 is 4.90 Å². The number of rotatable bonds is 5. The van der Waals surface area contributed by atoms with Gasteiger partial charge >= 0.3 is 0 Å². The predicted molar refractivity (Wildman–Crippen MR) is 84.9 cm³/mol. The second-order valence-electron chi connectivity index (χ2n) is 6.46. The minimum Gasteiger partial charge on any atom is -0.303 e. The van der Waals surface area contributed by atoms with E-state index in [4.69, 9.17) is 0 Å². The predicted octanol–water partition coefficient (Wildman–Crippen LogP) is 3.31.